The van der Waals surface area contributed by atoms with Crippen LogP contribution in [0, 0.1) is 10.1 Å². The van der Waals surface area contributed by atoms with Crippen LogP contribution in [0.4, 0.5) is 5.69 Å². The molecule has 110 valence electrons. The highest BCUT2D eigenvalue weighted by Gasteiger charge is 2.17. The van der Waals surface area contributed by atoms with Gasteiger partial charge in [-0.05, 0) is 12.1 Å². The lowest BCUT2D eigenvalue weighted by atomic mass is 10.1. The molecule has 0 radical (unpaired) electrons. The molecule has 22 heavy (non-hydrogen) atoms. The van der Waals surface area contributed by atoms with Gasteiger partial charge in [-0.1, -0.05) is 47.1 Å². The SMILES string of the molecule is O=[N+]([O-])c1ccccc1Cc1nc(-c2ccccc2Cl)no1. The van der Waals surface area contributed by atoms with Crippen LogP contribution in [0.25, 0.3) is 11.4 Å². The Kier molecular flexibility index (Phi) is 3.84. The van der Waals surface area contributed by atoms with Crippen molar-refractivity contribution in [3.05, 3.63) is 75.1 Å². The van der Waals surface area contributed by atoms with Crippen LogP contribution in [0.1, 0.15) is 11.5 Å². The summed E-state index contributed by atoms with van der Waals surface area (Å²) in [4.78, 5) is 14.8. The lowest BCUT2D eigenvalue weighted by Crippen LogP contribution is -1.96. The summed E-state index contributed by atoms with van der Waals surface area (Å²) in [6.45, 7) is 0. The molecule has 1 aromatic heterocycles. The first-order valence-electron chi connectivity index (χ1n) is 6.45. The lowest BCUT2D eigenvalue weighted by Gasteiger charge is -1.98. The zero-order valence-corrected chi connectivity index (χ0v) is 12.0. The number of aromatic nitrogens is 2. The van der Waals surface area contributed by atoms with Crippen molar-refractivity contribution in [1.82, 2.24) is 10.1 Å². The first kappa shape index (κ1) is 14.2. The van der Waals surface area contributed by atoms with E-state index in [1.165, 1.54) is 6.07 Å². The highest BCUT2D eigenvalue weighted by atomic mass is 35.5. The summed E-state index contributed by atoms with van der Waals surface area (Å²) in [6, 6.07) is 13.6. The van der Waals surface area contributed by atoms with E-state index in [1.807, 2.05) is 6.07 Å². The smallest absolute Gasteiger partial charge is 0.273 e. The molecule has 2 aromatic carbocycles. The number of halogens is 1. The van der Waals surface area contributed by atoms with E-state index < -0.39 is 4.92 Å². The minimum absolute atomic E-state index is 0.0278. The molecule has 0 unspecified atom stereocenters. The van der Waals surface area contributed by atoms with Gasteiger partial charge in [0.2, 0.25) is 11.7 Å². The lowest BCUT2D eigenvalue weighted by molar-refractivity contribution is -0.385. The number of nitrogens with zero attached hydrogens (tertiary/aromatic N) is 3. The average molecular weight is 316 g/mol. The highest BCUT2D eigenvalue weighted by Crippen LogP contribution is 2.26. The predicted molar refractivity (Wildman–Crippen MR) is 80.6 cm³/mol. The van der Waals surface area contributed by atoms with Crippen LogP contribution in [0.5, 0.6) is 0 Å². The quantitative estimate of drug-likeness (QED) is 0.539. The molecular weight excluding hydrogens is 306 g/mol. The van der Waals surface area contributed by atoms with E-state index in [1.54, 1.807) is 36.4 Å². The van der Waals surface area contributed by atoms with Gasteiger partial charge < -0.3 is 4.52 Å². The second kappa shape index (κ2) is 5.95. The van der Waals surface area contributed by atoms with E-state index in [-0.39, 0.29) is 12.1 Å². The summed E-state index contributed by atoms with van der Waals surface area (Å²) in [5, 5.41) is 15.4. The number of benzene rings is 2. The highest BCUT2D eigenvalue weighted by molar-refractivity contribution is 6.33. The van der Waals surface area contributed by atoms with Gasteiger partial charge in [0.25, 0.3) is 5.69 Å². The van der Waals surface area contributed by atoms with Gasteiger partial charge in [0.1, 0.15) is 0 Å². The van der Waals surface area contributed by atoms with Gasteiger partial charge in [-0.3, -0.25) is 10.1 Å². The summed E-state index contributed by atoms with van der Waals surface area (Å²) in [5.74, 6) is 0.656. The molecule has 0 aliphatic carbocycles. The van der Waals surface area contributed by atoms with Crippen molar-refractivity contribution in [2.75, 3.05) is 0 Å². The van der Waals surface area contributed by atoms with Crippen LogP contribution >= 0.6 is 11.6 Å². The Labute approximate surface area is 130 Å². The van der Waals surface area contributed by atoms with E-state index in [2.05, 4.69) is 10.1 Å². The largest absolute Gasteiger partial charge is 0.339 e. The molecule has 6 nitrogen and oxygen atoms in total. The van der Waals surface area contributed by atoms with Crippen molar-refractivity contribution in [3.63, 3.8) is 0 Å². The van der Waals surface area contributed by atoms with E-state index in [4.69, 9.17) is 16.1 Å². The number of nitro benzene ring substituents is 1. The van der Waals surface area contributed by atoms with Crippen molar-refractivity contribution < 1.29 is 9.45 Å². The number of nitro groups is 1. The summed E-state index contributed by atoms with van der Waals surface area (Å²) >= 11 is 6.08. The van der Waals surface area contributed by atoms with E-state index >= 15 is 0 Å². The fourth-order valence-corrected chi connectivity index (χ4v) is 2.30. The molecule has 3 rings (SSSR count). The van der Waals surface area contributed by atoms with Crippen molar-refractivity contribution in [1.29, 1.82) is 0 Å². The molecule has 1 heterocycles. The van der Waals surface area contributed by atoms with Crippen LogP contribution in [0.2, 0.25) is 5.02 Å². The molecule has 0 spiro atoms. The first-order chi connectivity index (χ1) is 10.6. The standard InChI is InChI=1S/C15H10ClN3O3/c16-12-7-3-2-6-11(12)15-17-14(22-18-15)9-10-5-1-4-8-13(10)19(20)21/h1-8H,9H2. The zero-order valence-electron chi connectivity index (χ0n) is 11.3. The Bertz CT molecular complexity index is 832. The minimum Gasteiger partial charge on any atom is -0.339 e. The van der Waals surface area contributed by atoms with Gasteiger partial charge in [-0.15, -0.1) is 0 Å². The van der Waals surface area contributed by atoms with Crippen LogP contribution in [0.15, 0.2) is 53.1 Å². The van der Waals surface area contributed by atoms with Gasteiger partial charge in [-0.25, -0.2) is 0 Å². The Balaban J connectivity index is 1.90. The Hall–Kier alpha value is -2.73. The summed E-state index contributed by atoms with van der Waals surface area (Å²) in [7, 11) is 0. The molecule has 0 bridgehead atoms. The topological polar surface area (TPSA) is 82.1 Å². The Morgan fingerprint density at radius 3 is 2.64 bits per heavy atom. The van der Waals surface area contributed by atoms with Crippen LogP contribution in [-0.4, -0.2) is 15.1 Å². The third-order valence-electron chi connectivity index (χ3n) is 3.11. The second-order valence-electron chi connectivity index (χ2n) is 4.55. The Morgan fingerprint density at radius 1 is 1.14 bits per heavy atom. The number of hydrogen-bond donors (Lipinski definition) is 0. The van der Waals surface area contributed by atoms with E-state index in [0.29, 0.717) is 27.9 Å². The molecule has 0 aliphatic rings. The van der Waals surface area contributed by atoms with Crippen molar-refractivity contribution in [2.45, 2.75) is 6.42 Å². The molecule has 0 atom stereocenters. The maximum Gasteiger partial charge on any atom is 0.273 e. The average Bonchev–Trinajstić information content (AvgIpc) is 2.96. The predicted octanol–water partition coefficient (Wildman–Crippen LogP) is 3.89. The van der Waals surface area contributed by atoms with Gasteiger partial charge in [0.05, 0.1) is 16.4 Å². The second-order valence-corrected chi connectivity index (χ2v) is 4.96. The fraction of sp³-hybridized carbons (Fsp3) is 0.0667. The maximum atomic E-state index is 11.0. The third kappa shape index (κ3) is 2.82. The summed E-state index contributed by atoms with van der Waals surface area (Å²) < 4.78 is 5.17. The number of rotatable bonds is 4. The molecule has 0 amide bonds. The monoisotopic (exact) mass is 315 g/mol. The van der Waals surface area contributed by atoms with Gasteiger partial charge >= 0.3 is 0 Å². The van der Waals surface area contributed by atoms with Crippen molar-refractivity contribution >= 4 is 17.3 Å². The number of hydrogen-bond acceptors (Lipinski definition) is 5. The molecule has 0 saturated heterocycles. The first-order valence-corrected chi connectivity index (χ1v) is 6.83. The normalized spacial score (nSPS) is 10.6. The van der Waals surface area contributed by atoms with Gasteiger partial charge in [0, 0.05) is 17.2 Å². The maximum absolute atomic E-state index is 11.0. The molecule has 0 fully saturated rings. The summed E-state index contributed by atoms with van der Waals surface area (Å²) in [5.41, 5.74) is 1.20. The summed E-state index contributed by atoms with van der Waals surface area (Å²) in [6.07, 6.45) is 0.189. The molecule has 7 heteroatoms. The van der Waals surface area contributed by atoms with Gasteiger partial charge in [0.15, 0.2) is 0 Å². The zero-order chi connectivity index (χ0) is 15.5. The fourth-order valence-electron chi connectivity index (χ4n) is 2.08. The molecule has 0 aliphatic heterocycles. The van der Waals surface area contributed by atoms with Crippen LogP contribution in [0.3, 0.4) is 0 Å². The van der Waals surface area contributed by atoms with Crippen molar-refractivity contribution in [3.8, 4) is 11.4 Å². The third-order valence-corrected chi connectivity index (χ3v) is 3.44. The molecule has 0 N–H and O–H groups in total. The van der Waals surface area contributed by atoms with Gasteiger partial charge in [-0.2, -0.15) is 4.98 Å². The van der Waals surface area contributed by atoms with E-state index in [9.17, 15) is 10.1 Å². The molecule has 0 saturated carbocycles. The molecule has 3 aromatic rings. The van der Waals surface area contributed by atoms with Crippen molar-refractivity contribution in [2.24, 2.45) is 0 Å². The minimum atomic E-state index is -0.430. The van der Waals surface area contributed by atoms with Crippen LogP contribution in [-0.2, 0) is 6.42 Å². The van der Waals surface area contributed by atoms with Crippen LogP contribution < -0.4 is 0 Å². The molecular formula is C15H10ClN3O3. The Morgan fingerprint density at radius 2 is 1.86 bits per heavy atom. The number of para-hydroxylation sites is 1. The van der Waals surface area contributed by atoms with E-state index in [0.717, 1.165) is 0 Å².